The minimum absolute atomic E-state index is 0.0649. The number of carbonyl (C=O) groups is 3. The Hall–Kier alpha value is -4.52. The first-order chi connectivity index (χ1) is 21.4. The SMILES string of the molecule is CC(C)(C)C(=O)Oc1c2n(c([C@H]3CCCN3C(=O)OCc3ccccc3)nc1=O)CCN(CCS(=O)(=O)c1ccccc1)C2=O. The zero-order chi connectivity index (χ0) is 32.4. The summed E-state index contributed by atoms with van der Waals surface area (Å²) in [5.74, 6) is -2.08. The Kier molecular flexibility index (Phi) is 9.10. The number of aromatic nitrogens is 2. The van der Waals surface area contributed by atoms with E-state index in [0.717, 1.165) is 5.56 Å². The molecule has 3 aromatic rings. The van der Waals surface area contributed by atoms with Gasteiger partial charge in [0.2, 0.25) is 5.75 Å². The number of esters is 1. The second kappa shape index (κ2) is 12.8. The van der Waals surface area contributed by atoms with Crippen LogP contribution in [-0.2, 0) is 32.5 Å². The van der Waals surface area contributed by atoms with E-state index in [-0.39, 0.29) is 48.4 Å². The number of ether oxygens (including phenoxy) is 2. The number of rotatable bonds is 8. The van der Waals surface area contributed by atoms with Gasteiger partial charge in [0.15, 0.2) is 15.5 Å². The fraction of sp³-hybridized carbons (Fsp3) is 0.406. The van der Waals surface area contributed by atoms with Crippen molar-refractivity contribution in [2.24, 2.45) is 5.41 Å². The molecule has 1 aromatic heterocycles. The number of fused-ring (bicyclic) bond motifs is 1. The molecule has 5 rings (SSSR count). The van der Waals surface area contributed by atoms with E-state index in [1.165, 1.54) is 26.5 Å². The molecule has 2 aliphatic rings. The molecular weight excluding hydrogens is 600 g/mol. The van der Waals surface area contributed by atoms with Crippen LogP contribution in [0.2, 0.25) is 0 Å². The Morgan fingerprint density at radius 2 is 1.62 bits per heavy atom. The minimum atomic E-state index is -3.70. The molecule has 1 saturated heterocycles. The van der Waals surface area contributed by atoms with Crippen LogP contribution in [0.4, 0.5) is 4.79 Å². The van der Waals surface area contributed by atoms with Crippen molar-refractivity contribution in [1.29, 1.82) is 0 Å². The van der Waals surface area contributed by atoms with E-state index in [0.29, 0.717) is 19.4 Å². The molecule has 1 fully saturated rings. The molecule has 0 radical (unpaired) electrons. The predicted molar refractivity (Wildman–Crippen MR) is 163 cm³/mol. The summed E-state index contributed by atoms with van der Waals surface area (Å²) in [7, 11) is -3.70. The summed E-state index contributed by atoms with van der Waals surface area (Å²) in [6.07, 6.45) is 0.512. The highest BCUT2D eigenvalue weighted by atomic mass is 32.2. The van der Waals surface area contributed by atoms with Crippen LogP contribution in [0, 0.1) is 5.41 Å². The van der Waals surface area contributed by atoms with E-state index in [2.05, 4.69) is 4.98 Å². The van der Waals surface area contributed by atoms with Gasteiger partial charge in [-0.3, -0.25) is 19.3 Å². The molecule has 0 unspecified atom stereocenters. The molecule has 3 heterocycles. The fourth-order valence-corrected chi connectivity index (χ4v) is 6.57. The summed E-state index contributed by atoms with van der Waals surface area (Å²) >= 11 is 0. The van der Waals surface area contributed by atoms with Gasteiger partial charge in [-0.05, 0) is 51.3 Å². The topological polar surface area (TPSA) is 145 Å². The normalized spacial score (nSPS) is 16.8. The van der Waals surface area contributed by atoms with Crippen molar-refractivity contribution in [2.75, 3.05) is 25.4 Å². The molecule has 0 spiro atoms. The molecule has 238 valence electrons. The first-order valence-corrected chi connectivity index (χ1v) is 16.4. The summed E-state index contributed by atoms with van der Waals surface area (Å²) in [5, 5.41) is 0. The Morgan fingerprint density at radius 3 is 2.29 bits per heavy atom. The summed E-state index contributed by atoms with van der Waals surface area (Å²) < 4.78 is 38.5. The first kappa shape index (κ1) is 31.9. The maximum atomic E-state index is 14.0. The lowest BCUT2D eigenvalue weighted by Gasteiger charge is -2.34. The summed E-state index contributed by atoms with van der Waals surface area (Å²) in [6, 6.07) is 16.5. The number of sulfone groups is 1. The van der Waals surface area contributed by atoms with Crippen LogP contribution < -0.4 is 10.3 Å². The Bertz CT molecular complexity index is 1750. The fourth-order valence-electron chi connectivity index (χ4n) is 5.30. The number of amides is 2. The van der Waals surface area contributed by atoms with Gasteiger partial charge in [-0.15, -0.1) is 0 Å². The van der Waals surface area contributed by atoms with Crippen molar-refractivity contribution in [3.8, 4) is 5.75 Å². The highest BCUT2D eigenvalue weighted by molar-refractivity contribution is 7.91. The zero-order valence-electron chi connectivity index (χ0n) is 25.5. The lowest BCUT2D eigenvalue weighted by atomic mass is 9.97. The Morgan fingerprint density at radius 1 is 0.956 bits per heavy atom. The molecule has 2 amide bonds. The summed E-state index contributed by atoms with van der Waals surface area (Å²) in [6.45, 7) is 5.38. The third-order valence-corrected chi connectivity index (χ3v) is 9.50. The molecular formula is C32H36N4O8S. The minimum Gasteiger partial charge on any atom is -0.445 e. The molecule has 45 heavy (non-hydrogen) atoms. The number of nitrogens with zero attached hydrogens (tertiary/aromatic N) is 4. The van der Waals surface area contributed by atoms with Gasteiger partial charge in [0.25, 0.3) is 5.91 Å². The monoisotopic (exact) mass is 636 g/mol. The lowest BCUT2D eigenvalue weighted by Crippen LogP contribution is -2.47. The third kappa shape index (κ3) is 6.93. The van der Waals surface area contributed by atoms with Gasteiger partial charge < -0.3 is 18.9 Å². The predicted octanol–water partition coefficient (Wildman–Crippen LogP) is 3.60. The van der Waals surface area contributed by atoms with Crippen molar-refractivity contribution in [3.63, 3.8) is 0 Å². The van der Waals surface area contributed by atoms with Gasteiger partial charge in [-0.2, -0.15) is 4.98 Å². The molecule has 1 atom stereocenters. The average molecular weight is 637 g/mol. The molecule has 0 saturated carbocycles. The number of hydrogen-bond donors (Lipinski definition) is 0. The first-order valence-electron chi connectivity index (χ1n) is 14.8. The Labute approximate surface area is 261 Å². The summed E-state index contributed by atoms with van der Waals surface area (Å²) in [4.78, 5) is 60.7. The third-order valence-electron chi connectivity index (χ3n) is 7.79. The van der Waals surface area contributed by atoms with E-state index in [9.17, 15) is 27.6 Å². The highest BCUT2D eigenvalue weighted by Gasteiger charge is 2.40. The summed E-state index contributed by atoms with van der Waals surface area (Å²) in [5.41, 5.74) is -1.30. The molecule has 0 bridgehead atoms. The van der Waals surface area contributed by atoms with Gasteiger partial charge in [0.05, 0.1) is 22.1 Å². The number of carbonyl (C=O) groups excluding carboxylic acids is 3. The van der Waals surface area contributed by atoms with E-state index in [1.807, 2.05) is 30.3 Å². The number of benzene rings is 2. The molecule has 2 aliphatic heterocycles. The second-order valence-electron chi connectivity index (χ2n) is 12.1. The van der Waals surface area contributed by atoms with Crippen LogP contribution in [0.1, 0.15) is 61.5 Å². The van der Waals surface area contributed by atoms with E-state index >= 15 is 0 Å². The molecule has 12 nitrogen and oxygen atoms in total. The van der Waals surface area contributed by atoms with Crippen LogP contribution >= 0.6 is 0 Å². The number of hydrogen-bond acceptors (Lipinski definition) is 9. The van der Waals surface area contributed by atoms with Gasteiger partial charge in [-0.1, -0.05) is 48.5 Å². The maximum Gasteiger partial charge on any atom is 0.410 e. The van der Waals surface area contributed by atoms with Gasteiger partial charge in [-0.25, -0.2) is 13.2 Å². The average Bonchev–Trinajstić information content (AvgIpc) is 3.51. The Balaban J connectivity index is 1.46. The molecule has 0 aliphatic carbocycles. The van der Waals surface area contributed by atoms with Crippen LogP contribution in [0.25, 0.3) is 0 Å². The van der Waals surface area contributed by atoms with Crippen molar-refractivity contribution < 1.29 is 32.3 Å². The molecule has 2 aromatic carbocycles. The molecule has 0 N–H and O–H groups in total. The second-order valence-corrected chi connectivity index (χ2v) is 14.2. The van der Waals surface area contributed by atoms with Crippen molar-refractivity contribution >= 4 is 27.8 Å². The van der Waals surface area contributed by atoms with Crippen LogP contribution in [0.15, 0.2) is 70.4 Å². The van der Waals surface area contributed by atoms with Crippen molar-refractivity contribution in [3.05, 3.63) is 88.1 Å². The smallest absolute Gasteiger partial charge is 0.410 e. The maximum absolute atomic E-state index is 14.0. The van der Waals surface area contributed by atoms with Crippen LogP contribution in [-0.4, -0.2) is 71.1 Å². The van der Waals surface area contributed by atoms with Gasteiger partial charge in [0, 0.05) is 26.2 Å². The largest absolute Gasteiger partial charge is 0.445 e. The molecule has 13 heteroatoms. The quantitative estimate of drug-likeness (QED) is 0.339. The van der Waals surface area contributed by atoms with Gasteiger partial charge >= 0.3 is 17.6 Å². The lowest BCUT2D eigenvalue weighted by molar-refractivity contribution is -0.143. The van der Waals surface area contributed by atoms with Crippen LogP contribution in [0.3, 0.4) is 0 Å². The van der Waals surface area contributed by atoms with Crippen LogP contribution in [0.5, 0.6) is 5.75 Å². The standard InChI is InChI=1S/C32H36N4O8S/c1-32(2,3)30(39)44-26-25-29(38)34(19-20-45(41,42)23-13-8-5-9-14-23)17-18-36(25)27(33-28(26)37)24-15-10-16-35(24)31(40)43-21-22-11-6-4-7-12-22/h4-9,11-14,24H,10,15-21H2,1-3H3/t24-/m1/s1. The number of likely N-dealkylation sites (tertiary alicyclic amines) is 1. The van der Waals surface area contributed by atoms with E-state index < -0.39 is 50.6 Å². The van der Waals surface area contributed by atoms with E-state index in [1.54, 1.807) is 39.0 Å². The van der Waals surface area contributed by atoms with Gasteiger partial charge in [0.1, 0.15) is 12.4 Å². The van der Waals surface area contributed by atoms with Crippen molar-refractivity contribution in [1.82, 2.24) is 19.4 Å². The van der Waals surface area contributed by atoms with Crippen molar-refractivity contribution in [2.45, 2.75) is 57.7 Å². The van der Waals surface area contributed by atoms with E-state index in [4.69, 9.17) is 9.47 Å². The zero-order valence-corrected chi connectivity index (χ0v) is 26.3. The highest BCUT2D eigenvalue weighted by Crippen LogP contribution is 2.34.